The van der Waals surface area contributed by atoms with Crippen molar-refractivity contribution in [2.45, 2.75) is 90.4 Å². The summed E-state index contributed by atoms with van der Waals surface area (Å²) >= 11 is 0. The van der Waals surface area contributed by atoms with Crippen LogP contribution in [0.5, 0.6) is 0 Å². The van der Waals surface area contributed by atoms with Crippen LogP contribution in [0, 0.1) is 23.7 Å². The molecule has 0 aromatic heterocycles. The van der Waals surface area contributed by atoms with Crippen LogP contribution < -0.4 is 0 Å². The topological polar surface area (TPSA) is 104 Å². The molecule has 0 saturated heterocycles. The number of carboxylic acid groups (broad SMARTS) is 1. The van der Waals surface area contributed by atoms with Crippen molar-refractivity contribution < 1.29 is 29.6 Å². The third kappa shape index (κ3) is 6.95. The van der Waals surface area contributed by atoms with Gasteiger partial charge in [0.2, 0.25) is 0 Å². The maximum absolute atomic E-state index is 12.6. The van der Waals surface area contributed by atoms with Gasteiger partial charge >= 0.3 is 11.9 Å². The van der Waals surface area contributed by atoms with Crippen molar-refractivity contribution in [3.8, 4) is 0 Å². The normalized spacial score (nSPS) is 28.8. The fourth-order valence-electron chi connectivity index (χ4n) is 4.87. The molecule has 0 bridgehead atoms. The van der Waals surface area contributed by atoms with E-state index in [0.29, 0.717) is 6.42 Å². The van der Waals surface area contributed by atoms with Gasteiger partial charge in [-0.15, -0.1) is 0 Å². The molecule has 2 rings (SSSR count). The van der Waals surface area contributed by atoms with Gasteiger partial charge in [-0.3, -0.25) is 9.59 Å². The second-order valence-corrected chi connectivity index (χ2v) is 9.07. The van der Waals surface area contributed by atoms with Crippen molar-refractivity contribution in [1.82, 2.24) is 0 Å². The molecule has 0 aromatic rings. The lowest BCUT2D eigenvalue weighted by Crippen LogP contribution is -2.40. The molecule has 170 valence electrons. The molecular formula is C24H38O6. The zero-order chi connectivity index (χ0) is 22.3. The number of aliphatic hydroxyl groups is 2. The SMILES string of the molecule is CCC[C@H](C)C(=O)O[C@H]1CCC=C2C=C[C@H](C)[C@H](CC[C@@H](O)C[C@@H](O)CC(=O)O)[C@H]21. The Bertz CT molecular complexity index is 640. The number of rotatable bonds is 11. The molecule has 2 aliphatic rings. The Hall–Kier alpha value is -1.66. The summed E-state index contributed by atoms with van der Waals surface area (Å²) in [6.07, 6.45) is 9.01. The molecule has 0 saturated carbocycles. The average molecular weight is 423 g/mol. The summed E-state index contributed by atoms with van der Waals surface area (Å²) in [4.78, 5) is 23.3. The number of carbonyl (C=O) groups is 2. The van der Waals surface area contributed by atoms with E-state index in [4.69, 9.17) is 9.84 Å². The molecule has 0 unspecified atom stereocenters. The first-order valence-corrected chi connectivity index (χ1v) is 11.4. The molecule has 0 spiro atoms. The van der Waals surface area contributed by atoms with Crippen molar-refractivity contribution in [2.24, 2.45) is 23.7 Å². The lowest BCUT2D eigenvalue weighted by molar-refractivity contribution is -0.158. The molecule has 30 heavy (non-hydrogen) atoms. The van der Waals surface area contributed by atoms with Gasteiger partial charge in [0.15, 0.2) is 0 Å². The molecule has 6 heteroatoms. The van der Waals surface area contributed by atoms with E-state index >= 15 is 0 Å². The van der Waals surface area contributed by atoms with Gasteiger partial charge in [0.1, 0.15) is 6.10 Å². The number of hydrogen-bond acceptors (Lipinski definition) is 5. The average Bonchev–Trinajstić information content (AvgIpc) is 2.66. The van der Waals surface area contributed by atoms with Gasteiger partial charge in [0.05, 0.1) is 24.5 Å². The fourth-order valence-corrected chi connectivity index (χ4v) is 4.87. The van der Waals surface area contributed by atoms with E-state index in [9.17, 15) is 19.8 Å². The molecular weight excluding hydrogens is 384 g/mol. The Morgan fingerprint density at radius 3 is 2.63 bits per heavy atom. The van der Waals surface area contributed by atoms with Gasteiger partial charge in [-0.1, -0.05) is 45.4 Å². The molecule has 6 nitrogen and oxygen atoms in total. The van der Waals surface area contributed by atoms with Crippen LogP contribution in [-0.2, 0) is 14.3 Å². The van der Waals surface area contributed by atoms with Crippen LogP contribution in [0.1, 0.15) is 72.1 Å². The lowest BCUT2D eigenvalue weighted by Gasteiger charge is -2.42. The molecule has 0 aromatic carbocycles. The monoisotopic (exact) mass is 422 g/mol. The summed E-state index contributed by atoms with van der Waals surface area (Å²) in [5, 5.41) is 28.9. The zero-order valence-corrected chi connectivity index (χ0v) is 18.5. The largest absolute Gasteiger partial charge is 0.481 e. The number of ether oxygens (including phenoxy) is 1. The van der Waals surface area contributed by atoms with Crippen molar-refractivity contribution >= 4 is 11.9 Å². The first kappa shape index (κ1) is 24.6. The van der Waals surface area contributed by atoms with Crippen LogP contribution >= 0.6 is 0 Å². The smallest absolute Gasteiger partial charge is 0.308 e. The van der Waals surface area contributed by atoms with Gasteiger partial charge in [-0.05, 0) is 55.9 Å². The highest BCUT2D eigenvalue weighted by Crippen LogP contribution is 2.44. The number of allylic oxidation sites excluding steroid dienone is 3. The Labute approximate surface area is 180 Å². The van der Waals surface area contributed by atoms with E-state index < -0.39 is 18.2 Å². The van der Waals surface area contributed by atoms with Crippen LogP contribution in [-0.4, -0.2) is 45.6 Å². The predicted molar refractivity (Wildman–Crippen MR) is 115 cm³/mol. The number of aliphatic hydroxyl groups excluding tert-OH is 2. The Balaban J connectivity index is 2.03. The van der Waals surface area contributed by atoms with E-state index in [0.717, 1.165) is 32.1 Å². The Morgan fingerprint density at radius 2 is 1.97 bits per heavy atom. The van der Waals surface area contributed by atoms with Crippen molar-refractivity contribution in [3.63, 3.8) is 0 Å². The van der Waals surface area contributed by atoms with Crippen LogP contribution in [0.25, 0.3) is 0 Å². The first-order chi connectivity index (χ1) is 14.2. The fraction of sp³-hybridized carbons (Fsp3) is 0.750. The molecule has 0 radical (unpaired) electrons. The summed E-state index contributed by atoms with van der Waals surface area (Å²) < 4.78 is 5.99. The minimum Gasteiger partial charge on any atom is -0.481 e. The Morgan fingerprint density at radius 1 is 1.23 bits per heavy atom. The standard InChI is InChI=1S/C24H38O6/c1-4-6-16(3)24(29)30-21-8-5-7-17-10-9-15(2)20(23(17)21)12-11-18(25)13-19(26)14-22(27)28/h7,9-10,15-16,18-21,23,25-26H,4-6,8,11-14H2,1-3H3,(H,27,28)/t15-,16-,18+,19+,20-,21-,23-/m0/s1. The van der Waals surface area contributed by atoms with Crippen molar-refractivity contribution in [2.75, 3.05) is 0 Å². The highest BCUT2D eigenvalue weighted by atomic mass is 16.5. The van der Waals surface area contributed by atoms with Crippen LogP contribution in [0.2, 0.25) is 0 Å². The minimum atomic E-state index is -1.07. The van der Waals surface area contributed by atoms with Crippen molar-refractivity contribution in [3.05, 3.63) is 23.8 Å². The molecule has 0 heterocycles. The third-order valence-electron chi connectivity index (χ3n) is 6.52. The number of hydrogen-bond donors (Lipinski definition) is 3. The Kier molecular flexibility index (Phi) is 9.56. The molecule has 7 atom stereocenters. The van der Waals surface area contributed by atoms with Gasteiger partial charge < -0.3 is 20.1 Å². The summed E-state index contributed by atoms with van der Waals surface area (Å²) in [7, 11) is 0. The maximum Gasteiger partial charge on any atom is 0.308 e. The number of aliphatic carboxylic acids is 1. The summed E-state index contributed by atoms with van der Waals surface area (Å²) in [5.74, 6) is -0.659. The van der Waals surface area contributed by atoms with Gasteiger partial charge in [0, 0.05) is 5.92 Å². The van der Waals surface area contributed by atoms with Crippen LogP contribution in [0.3, 0.4) is 0 Å². The molecule has 0 fully saturated rings. The number of carboxylic acids is 1. The van der Waals surface area contributed by atoms with Crippen LogP contribution in [0.15, 0.2) is 23.8 Å². The molecule has 2 aliphatic carbocycles. The second-order valence-electron chi connectivity index (χ2n) is 9.07. The zero-order valence-electron chi connectivity index (χ0n) is 18.5. The van der Waals surface area contributed by atoms with E-state index in [1.807, 2.05) is 6.92 Å². The van der Waals surface area contributed by atoms with Gasteiger partial charge in [-0.2, -0.15) is 0 Å². The van der Waals surface area contributed by atoms with E-state index in [2.05, 4.69) is 32.1 Å². The summed E-state index contributed by atoms with van der Waals surface area (Å²) in [6, 6.07) is 0. The van der Waals surface area contributed by atoms with E-state index in [-0.39, 0.29) is 48.6 Å². The quantitative estimate of drug-likeness (QED) is 0.437. The second kappa shape index (κ2) is 11.7. The number of carbonyl (C=O) groups excluding carboxylic acids is 1. The number of esters is 1. The first-order valence-electron chi connectivity index (χ1n) is 11.4. The summed E-state index contributed by atoms with van der Waals surface area (Å²) in [5.41, 5.74) is 1.21. The predicted octanol–water partition coefficient (Wildman–Crippen LogP) is 3.86. The third-order valence-corrected chi connectivity index (χ3v) is 6.52. The van der Waals surface area contributed by atoms with E-state index in [1.165, 1.54) is 5.57 Å². The maximum atomic E-state index is 12.6. The highest BCUT2D eigenvalue weighted by Gasteiger charge is 2.40. The van der Waals surface area contributed by atoms with Crippen LogP contribution in [0.4, 0.5) is 0 Å². The van der Waals surface area contributed by atoms with Gasteiger partial charge in [-0.25, -0.2) is 0 Å². The summed E-state index contributed by atoms with van der Waals surface area (Å²) in [6.45, 7) is 6.13. The molecule has 0 aliphatic heterocycles. The molecule has 3 N–H and O–H groups in total. The molecule has 0 amide bonds. The van der Waals surface area contributed by atoms with Crippen molar-refractivity contribution in [1.29, 1.82) is 0 Å². The lowest BCUT2D eigenvalue weighted by atomic mass is 9.66. The van der Waals surface area contributed by atoms with Gasteiger partial charge in [0.25, 0.3) is 0 Å². The number of fused-ring (bicyclic) bond motifs is 1. The highest BCUT2D eigenvalue weighted by molar-refractivity contribution is 5.72. The van der Waals surface area contributed by atoms with E-state index in [1.54, 1.807) is 0 Å². The minimum absolute atomic E-state index is 0.0591.